The van der Waals surface area contributed by atoms with Gasteiger partial charge in [0.1, 0.15) is 0 Å². The first-order chi connectivity index (χ1) is 11.5. The molecule has 0 aliphatic heterocycles. The zero-order chi connectivity index (χ0) is 17.3. The Morgan fingerprint density at radius 2 is 1.79 bits per heavy atom. The van der Waals surface area contributed by atoms with E-state index in [0.29, 0.717) is 11.5 Å². The van der Waals surface area contributed by atoms with Gasteiger partial charge in [-0.1, -0.05) is 47.3 Å². The molecule has 0 unspecified atom stereocenters. The van der Waals surface area contributed by atoms with Crippen LogP contribution in [0.3, 0.4) is 0 Å². The summed E-state index contributed by atoms with van der Waals surface area (Å²) in [7, 11) is 0. The van der Waals surface area contributed by atoms with E-state index in [1.165, 1.54) is 32.1 Å². The van der Waals surface area contributed by atoms with Crippen molar-refractivity contribution in [2.45, 2.75) is 52.5 Å². The number of aromatic nitrogens is 1. The molecular weight excluding hydrogens is 364 g/mol. The van der Waals surface area contributed by atoms with Crippen LogP contribution >= 0.6 is 15.9 Å². The Balaban J connectivity index is 2.09. The van der Waals surface area contributed by atoms with E-state index < -0.39 is 0 Å². The topological polar surface area (TPSA) is 48.0 Å². The summed E-state index contributed by atoms with van der Waals surface area (Å²) in [5, 5.41) is 0. The number of carbonyl (C=O) groups is 1. The average Bonchev–Trinajstić information content (AvgIpc) is 2.80. The van der Waals surface area contributed by atoms with Crippen molar-refractivity contribution < 1.29 is 4.79 Å². The van der Waals surface area contributed by atoms with Crippen LogP contribution in [0.5, 0.6) is 0 Å². The number of nitrogens with zero attached hydrogens (tertiary/aromatic N) is 1. The Kier molecular flexibility index (Phi) is 5.14. The maximum Gasteiger partial charge on any atom is 0.250 e. The van der Waals surface area contributed by atoms with Gasteiger partial charge in [0.25, 0.3) is 5.91 Å². The van der Waals surface area contributed by atoms with Gasteiger partial charge in [0.2, 0.25) is 0 Å². The summed E-state index contributed by atoms with van der Waals surface area (Å²) in [6, 6.07) is 8.31. The summed E-state index contributed by atoms with van der Waals surface area (Å²) >= 11 is 3.50. The predicted octanol–water partition coefficient (Wildman–Crippen LogP) is 5.21. The molecule has 1 aromatic heterocycles. The summed E-state index contributed by atoms with van der Waals surface area (Å²) in [4.78, 5) is 12.0. The standard InChI is InChI=1S/C20H25BrN2O/c1-13-18(20(22)24)14(2)23(12-15-6-4-3-5-7-15)19(13)16-8-10-17(21)11-9-16/h8-11,15H,3-7,12H2,1-2H3,(H2,22,24). The first-order valence-corrected chi connectivity index (χ1v) is 9.53. The highest BCUT2D eigenvalue weighted by Gasteiger charge is 2.24. The molecule has 0 atom stereocenters. The lowest BCUT2D eigenvalue weighted by Gasteiger charge is -2.24. The van der Waals surface area contributed by atoms with Crippen LogP contribution in [0.4, 0.5) is 0 Å². The number of rotatable bonds is 4. The van der Waals surface area contributed by atoms with Crippen LogP contribution < -0.4 is 5.73 Å². The fraction of sp³-hybridized carbons (Fsp3) is 0.450. The van der Waals surface area contributed by atoms with E-state index in [1.54, 1.807) is 0 Å². The van der Waals surface area contributed by atoms with Crippen molar-refractivity contribution in [3.8, 4) is 11.3 Å². The van der Waals surface area contributed by atoms with E-state index >= 15 is 0 Å². The van der Waals surface area contributed by atoms with E-state index in [9.17, 15) is 4.79 Å². The highest BCUT2D eigenvalue weighted by Crippen LogP contribution is 2.34. The van der Waals surface area contributed by atoms with Gasteiger partial charge in [-0.2, -0.15) is 0 Å². The van der Waals surface area contributed by atoms with Crippen LogP contribution in [-0.2, 0) is 6.54 Å². The molecule has 4 heteroatoms. The molecule has 128 valence electrons. The molecule has 0 saturated heterocycles. The molecule has 1 heterocycles. The zero-order valence-corrected chi connectivity index (χ0v) is 16.0. The fourth-order valence-corrected chi connectivity index (χ4v) is 4.36. The third kappa shape index (κ3) is 3.30. The third-order valence-electron chi connectivity index (χ3n) is 5.30. The normalized spacial score (nSPS) is 15.6. The number of benzene rings is 1. The van der Waals surface area contributed by atoms with Gasteiger partial charge in [-0.15, -0.1) is 0 Å². The Morgan fingerprint density at radius 3 is 2.38 bits per heavy atom. The SMILES string of the molecule is Cc1c(C(N)=O)c(C)n(CC2CCCCC2)c1-c1ccc(Br)cc1. The molecule has 0 spiro atoms. The molecule has 24 heavy (non-hydrogen) atoms. The Bertz CT molecular complexity index is 740. The molecule has 2 N–H and O–H groups in total. The molecule has 0 bridgehead atoms. The first-order valence-electron chi connectivity index (χ1n) is 8.74. The lowest BCUT2D eigenvalue weighted by atomic mass is 9.89. The predicted molar refractivity (Wildman–Crippen MR) is 102 cm³/mol. The van der Waals surface area contributed by atoms with Crippen molar-refractivity contribution in [2.24, 2.45) is 11.7 Å². The molecule has 1 saturated carbocycles. The minimum atomic E-state index is -0.328. The van der Waals surface area contributed by atoms with Crippen LogP contribution in [0.1, 0.15) is 53.7 Å². The average molecular weight is 389 g/mol. The quantitative estimate of drug-likeness (QED) is 0.766. The smallest absolute Gasteiger partial charge is 0.250 e. The minimum absolute atomic E-state index is 0.328. The van der Waals surface area contributed by atoms with Crippen molar-refractivity contribution in [1.29, 1.82) is 0 Å². The summed E-state index contributed by atoms with van der Waals surface area (Å²) in [5.74, 6) is 0.366. The Hall–Kier alpha value is -1.55. The van der Waals surface area contributed by atoms with Crippen molar-refractivity contribution in [3.63, 3.8) is 0 Å². The van der Waals surface area contributed by atoms with Gasteiger partial charge in [0.15, 0.2) is 0 Å². The maximum absolute atomic E-state index is 12.0. The summed E-state index contributed by atoms with van der Waals surface area (Å²) < 4.78 is 3.38. The van der Waals surface area contributed by atoms with Gasteiger partial charge < -0.3 is 10.3 Å². The molecule has 1 amide bonds. The molecule has 0 radical (unpaired) electrons. The van der Waals surface area contributed by atoms with E-state index in [2.05, 4.69) is 32.6 Å². The van der Waals surface area contributed by atoms with E-state index in [4.69, 9.17) is 5.73 Å². The van der Waals surface area contributed by atoms with Crippen molar-refractivity contribution in [2.75, 3.05) is 0 Å². The first kappa shape index (κ1) is 17.3. The van der Waals surface area contributed by atoms with Gasteiger partial charge in [-0.05, 0) is 55.9 Å². The number of hydrogen-bond donors (Lipinski definition) is 1. The molecule has 1 aliphatic rings. The fourth-order valence-electron chi connectivity index (χ4n) is 4.09. The molecule has 3 nitrogen and oxygen atoms in total. The maximum atomic E-state index is 12.0. The number of carbonyl (C=O) groups excluding carboxylic acids is 1. The number of halogens is 1. The van der Waals surface area contributed by atoms with Gasteiger partial charge >= 0.3 is 0 Å². The van der Waals surface area contributed by atoms with E-state index in [1.807, 2.05) is 26.0 Å². The summed E-state index contributed by atoms with van der Waals surface area (Å²) in [6.45, 7) is 5.02. The summed E-state index contributed by atoms with van der Waals surface area (Å²) in [5.41, 5.74) is 10.6. The monoisotopic (exact) mass is 388 g/mol. The second kappa shape index (κ2) is 7.14. The second-order valence-electron chi connectivity index (χ2n) is 6.92. The molecule has 1 aliphatic carbocycles. The Morgan fingerprint density at radius 1 is 1.17 bits per heavy atom. The van der Waals surface area contributed by atoms with Gasteiger partial charge in [0.05, 0.1) is 11.3 Å². The highest BCUT2D eigenvalue weighted by atomic mass is 79.9. The lowest BCUT2D eigenvalue weighted by Crippen LogP contribution is -2.17. The van der Waals surface area contributed by atoms with E-state index in [-0.39, 0.29) is 5.91 Å². The van der Waals surface area contributed by atoms with Crippen LogP contribution in [0.15, 0.2) is 28.7 Å². The summed E-state index contributed by atoms with van der Waals surface area (Å²) in [6.07, 6.45) is 6.55. The van der Waals surface area contributed by atoms with Crippen molar-refractivity contribution in [3.05, 3.63) is 45.6 Å². The number of hydrogen-bond acceptors (Lipinski definition) is 1. The van der Waals surface area contributed by atoms with Crippen molar-refractivity contribution >= 4 is 21.8 Å². The molecule has 2 aromatic rings. The Labute approximate surface area is 152 Å². The number of primary amides is 1. The van der Waals surface area contributed by atoms with Crippen LogP contribution in [0, 0.1) is 19.8 Å². The second-order valence-corrected chi connectivity index (χ2v) is 7.84. The van der Waals surface area contributed by atoms with Crippen molar-refractivity contribution in [1.82, 2.24) is 4.57 Å². The van der Waals surface area contributed by atoms with Gasteiger partial charge in [-0.3, -0.25) is 4.79 Å². The molecule has 1 fully saturated rings. The van der Waals surface area contributed by atoms with Crippen LogP contribution in [0.2, 0.25) is 0 Å². The van der Waals surface area contributed by atoms with E-state index in [0.717, 1.165) is 33.5 Å². The minimum Gasteiger partial charge on any atom is -0.366 e. The molecule has 3 rings (SSSR count). The zero-order valence-electron chi connectivity index (χ0n) is 14.4. The van der Waals surface area contributed by atoms with Gasteiger partial charge in [0, 0.05) is 16.7 Å². The molecular formula is C20H25BrN2O. The highest BCUT2D eigenvalue weighted by molar-refractivity contribution is 9.10. The van der Waals surface area contributed by atoms with Crippen LogP contribution in [-0.4, -0.2) is 10.5 Å². The molecule has 1 aromatic carbocycles. The van der Waals surface area contributed by atoms with Crippen LogP contribution in [0.25, 0.3) is 11.3 Å². The number of nitrogens with two attached hydrogens (primary N) is 1. The van der Waals surface area contributed by atoms with Gasteiger partial charge in [-0.25, -0.2) is 0 Å². The number of amides is 1. The lowest BCUT2D eigenvalue weighted by molar-refractivity contribution is 0.0999. The largest absolute Gasteiger partial charge is 0.366 e. The third-order valence-corrected chi connectivity index (χ3v) is 5.83.